The lowest BCUT2D eigenvalue weighted by atomic mass is 10.0. The SMILES string of the molecule is Cc1cccc(OCc2ccccc2)c1-c1ccc(C(=O)N[C@@H]2C=CS(=O)(=O)C2)[n+]([O-])c1. The molecule has 8 heteroatoms. The van der Waals surface area contributed by atoms with Gasteiger partial charge in [0.15, 0.2) is 16.0 Å². The van der Waals surface area contributed by atoms with Crippen molar-refractivity contribution in [3.05, 3.63) is 100 Å². The summed E-state index contributed by atoms with van der Waals surface area (Å²) < 4.78 is 29.6. The molecular formula is C24H22N2O5S. The summed E-state index contributed by atoms with van der Waals surface area (Å²) in [5.41, 5.74) is 3.21. The van der Waals surface area contributed by atoms with Gasteiger partial charge in [-0.25, -0.2) is 8.42 Å². The maximum Gasteiger partial charge on any atom is 0.317 e. The normalized spacial score (nSPS) is 16.6. The Morgan fingerprint density at radius 3 is 2.59 bits per heavy atom. The van der Waals surface area contributed by atoms with Crippen molar-refractivity contribution < 1.29 is 22.7 Å². The van der Waals surface area contributed by atoms with Crippen LogP contribution in [-0.2, 0) is 16.4 Å². The summed E-state index contributed by atoms with van der Waals surface area (Å²) in [6.45, 7) is 2.31. The molecule has 0 fully saturated rings. The summed E-state index contributed by atoms with van der Waals surface area (Å²) in [5, 5.41) is 16.3. The van der Waals surface area contributed by atoms with Crippen LogP contribution in [-0.4, -0.2) is 26.1 Å². The first-order valence-corrected chi connectivity index (χ1v) is 11.8. The Morgan fingerprint density at radius 2 is 1.91 bits per heavy atom. The molecule has 1 amide bonds. The van der Waals surface area contributed by atoms with Gasteiger partial charge in [0.1, 0.15) is 12.4 Å². The Hall–Kier alpha value is -3.65. The number of carbonyl (C=O) groups is 1. The average molecular weight is 451 g/mol. The lowest BCUT2D eigenvalue weighted by Crippen LogP contribution is -2.43. The minimum atomic E-state index is -3.31. The van der Waals surface area contributed by atoms with Gasteiger partial charge in [0.2, 0.25) is 0 Å². The van der Waals surface area contributed by atoms with Crippen molar-refractivity contribution in [2.75, 3.05) is 5.75 Å². The van der Waals surface area contributed by atoms with Crippen molar-refractivity contribution >= 4 is 15.7 Å². The van der Waals surface area contributed by atoms with Gasteiger partial charge in [0.25, 0.3) is 5.69 Å². The fourth-order valence-corrected chi connectivity index (χ4v) is 4.81. The van der Waals surface area contributed by atoms with Crippen molar-refractivity contribution in [2.24, 2.45) is 0 Å². The topological polar surface area (TPSA) is 99.4 Å². The first-order valence-electron chi connectivity index (χ1n) is 10.0. The smallest absolute Gasteiger partial charge is 0.317 e. The fourth-order valence-electron chi connectivity index (χ4n) is 3.58. The highest BCUT2D eigenvalue weighted by atomic mass is 32.2. The van der Waals surface area contributed by atoms with E-state index in [1.165, 1.54) is 18.3 Å². The number of hydrogen-bond donors (Lipinski definition) is 1. The molecule has 2 aromatic carbocycles. The number of ether oxygens (including phenoxy) is 1. The van der Waals surface area contributed by atoms with Gasteiger partial charge in [-0.1, -0.05) is 42.5 Å². The van der Waals surface area contributed by atoms with E-state index in [-0.39, 0.29) is 11.4 Å². The van der Waals surface area contributed by atoms with Crippen molar-refractivity contribution in [1.29, 1.82) is 0 Å². The molecule has 0 spiro atoms. The Kier molecular flexibility index (Phi) is 5.96. The summed E-state index contributed by atoms with van der Waals surface area (Å²) in [6.07, 6.45) is 2.73. The van der Waals surface area contributed by atoms with E-state index in [0.29, 0.717) is 22.7 Å². The zero-order valence-corrected chi connectivity index (χ0v) is 18.2. The summed E-state index contributed by atoms with van der Waals surface area (Å²) in [7, 11) is -3.31. The van der Waals surface area contributed by atoms with Gasteiger partial charge in [-0.3, -0.25) is 4.79 Å². The van der Waals surface area contributed by atoms with E-state index < -0.39 is 21.8 Å². The van der Waals surface area contributed by atoms with Crippen LogP contribution < -0.4 is 14.8 Å². The van der Waals surface area contributed by atoms with Gasteiger partial charge in [0, 0.05) is 17.0 Å². The molecule has 4 rings (SSSR count). The van der Waals surface area contributed by atoms with E-state index in [2.05, 4.69) is 5.32 Å². The van der Waals surface area contributed by atoms with Crippen LogP contribution in [0.5, 0.6) is 5.75 Å². The largest absolute Gasteiger partial charge is 0.618 e. The number of aromatic nitrogens is 1. The molecule has 1 aliphatic rings. The van der Waals surface area contributed by atoms with E-state index in [0.717, 1.165) is 22.1 Å². The minimum absolute atomic E-state index is 0.119. The molecule has 1 atom stereocenters. The Bertz CT molecular complexity index is 1290. The number of benzene rings is 2. The van der Waals surface area contributed by atoms with Gasteiger partial charge in [-0.05, 0) is 36.3 Å². The van der Waals surface area contributed by atoms with Crippen LogP contribution in [0.2, 0.25) is 0 Å². The monoisotopic (exact) mass is 450 g/mol. The average Bonchev–Trinajstić information content (AvgIpc) is 3.10. The zero-order valence-electron chi connectivity index (χ0n) is 17.4. The van der Waals surface area contributed by atoms with Crippen molar-refractivity contribution in [1.82, 2.24) is 5.32 Å². The molecule has 0 saturated heterocycles. The predicted molar refractivity (Wildman–Crippen MR) is 121 cm³/mol. The molecule has 32 heavy (non-hydrogen) atoms. The number of nitrogens with zero attached hydrogens (tertiary/aromatic N) is 1. The molecule has 0 aliphatic carbocycles. The van der Waals surface area contributed by atoms with Gasteiger partial charge in [-0.2, -0.15) is 4.73 Å². The highest BCUT2D eigenvalue weighted by molar-refractivity contribution is 7.94. The van der Waals surface area contributed by atoms with E-state index in [1.807, 2.05) is 55.5 Å². The molecule has 1 aliphatic heterocycles. The molecule has 1 aromatic heterocycles. The number of amides is 1. The quantitative estimate of drug-likeness (QED) is 0.460. The number of sulfone groups is 1. The lowest BCUT2D eigenvalue weighted by Gasteiger charge is -2.15. The van der Waals surface area contributed by atoms with Crippen LogP contribution in [0.1, 0.15) is 21.6 Å². The number of rotatable bonds is 6. The maximum atomic E-state index is 12.6. The summed E-state index contributed by atoms with van der Waals surface area (Å²) in [6, 6.07) is 17.9. The molecule has 1 N–H and O–H groups in total. The number of carbonyl (C=O) groups excluding carboxylic acids is 1. The molecule has 0 bridgehead atoms. The van der Waals surface area contributed by atoms with E-state index >= 15 is 0 Å². The second-order valence-electron chi connectivity index (χ2n) is 7.59. The Morgan fingerprint density at radius 1 is 1.12 bits per heavy atom. The van der Waals surface area contributed by atoms with Gasteiger partial charge < -0.3 is 15.3 Å². The molecule has 164 valence electrons. The lowest BCUT2D eigenvalue weighted by molar-refractivity contribution is -0.607. The first-order chi connectivity index (χ1) is 15.3. The van der Waals surface area contributed by atoms with Crippen LogP contribution in [0.3, 0.4) is 0 Å². The maximum absolute atomic E-state index is 12.6. The molecular weight excluding hydrogens is 428 g/mol. The van der Waals surface area contributed by atoms with Crippen LogP contribution in [0.4, 0.5) is 0 Å². The van der Waals surface area contributed by atoms with Crippen molar-refractivity contribution in [3.63, 3.8) is 0 Å². The molecule has 0 saturated carbocycles. The predicted octanol–water partition coefficient (Wildman–Crippen LogP) is 2.91. The van der Waals surface area contributed by atoms with Crippen molar-refractivity contribution in [3.8, 4) is 16.9 Å². The third-order valence-corrected chi connectivity index (χ3v) is 6.55. The van der Waals surface area contributed by atoms with Gasteiger partial charge >= 0.3 is 5.91 Å². The molecule has 0 unspecified atom stereocenters. The third kappa shape index (κ3) is 4.81. The molecule has 7 nitrogen and oxygen atoms in total. The summed E-state index contributed by atoms with van der Waals surface area (Å²) >= 11 is 0. The third-order valence-electron chi connectivity index (χ3n) is 5.15. The number of hydrogen-bond acceptors (Lipinski definition) is 5. The molecule has 3 aromatic rings. The first kappa shape index (κ1) is 21.6. The standard InChI is InChI=1S/C24H22N2O5S/c1-17-6-5-9-22(31-15-18-7-3-2-4-8-18)23(17)19-10-11-21(26(28)14-19)24(27)25-20-12-13-32(29,30)16-20/h2-14,20H,15-16H2,1H3,(H,25,27)/t20-/m1/s1. The number of pyridine rings is 1. The van der Waals surface area contributed by atoms with Gasteiger partial charge in [-0.15, -0.1) is 0 Å². The highest BCUT2D eigenvalue weighted by Crippen LogP contribution is 2.33. The van der Waals surface area contributed by atoms with Crippen LogP contribution >= 0.6 is 0 Å². The Labute approximate surface area is 186 Å². The highest BCUT2D eigenvalue weighted by Gasteiger charge is 2.26. The summed E-state index contributed by atoms with van der Waals surface area (Å²) in [5.74, 6) is -0.211. The molecule has 0 radical (unpaired) electrons. The minimum Gasteiger partial charge on any atom is -0.618 e. The number of nitrogens with one attached hydrogen (secondary N) is 1. The van der Waals surface area contributed by atoms with E-state index in [1.54, 1.807) is 6.07 Å². The van der Waals surface area contributed by atoms with E-state index in [9.17, 15) is 18.4 Å². The zero-order chi connectivity index (χ0) is 22.7. The molecule has 2 heterocycles. The second kappa shape index (κ2) is 8.84. The van der Waals surface area contributed by atoms with Crippen LogP contribution in [0.25, 0.3) is 11.1 Å². The van der Waals surface area contributed by atoms with E-state index in [4.69, 9.17) is 4.74 Å². The second-order valence-corrected chi connectivity index (χ2v) is 9.52. The van der Waals surface area contributed by atoms with Crippen molar-refractivity contribution in [2.45, 2.75) is 19.6 Å². The summed E-state index contributed by atoms with van der Waals surface area (Å²) in [4.78, 5) is 12.5. The Balaban J connectivity index is 1.56. The van der Waals surface area contributed by atoms with Gasteiger partial charge in [0.05, 0.1) is 17.4 Å². The van der Waals surface area contributed by atoms with Crippen LogP contribution in [0.15, 0.2) is 78.3 Å². The number of aryl methyl sites for hydroxylation is 1. The van der Waals surface area contributed by atoms with Crippen LogP contribution in [0, 0.1) is 12.1 Å². The fraction of sp³-hybridized carbons (Fsp3) is 0.167.